The van der Waals surface area contributed by atoms with Crippen molar-refractivity contribution in [2.45, 2.75) is 50.5 Å². The topological polar surface area (TPSA) is 9.23 Å². The van der Waals surface area contributed by atoms with Gasteiger partial charge < -0.3 is 4.74 Å². The van der Waals surface area contributed by atoms with Gasteiger partial charge in [0.2, 0.25) is 0 Å². The second kappa shape index (κ2) is 7.95. The molecule has 20 heavy (non-hydrogen) atoms. The Morgan fingerprint density at radius 3 is 2.45 bits per heavy atom. The third-order valence-electron chi connectivity index (χ3n) is 4.38. The van der Waals surface area contributed by atoms with Crippen LogP contribution >= 0.6 is 31.9 Å². The Balaban J connectivity index is 1.98. The van der Waals surface area contributed by atoms with Crippen molar-refractivity contribution in [3.05, 3.63) is 35.4 Å². The van der Waals surface area contributed by atoms with Gasteiger partial charge in [-0.25, -0.2) is 0 Å². The monoisotopic (exact) mass is 402 g/mol. The molecule has 3 heteroatoms. The molecule has 0 saturated carbocycles. The maximum absolute atomic E-state index is 5.73. The fourth-order valence-corrected chi connectivity index (χ4v) is 5.05. The maximum Gasteiger partial charge on any atom is 0.0576 e. The van der Waals surface area contributed by atoms with E-state index in [1.807, 2.05) is 0 Å². The molecule has 0 bridgehead atoms. The zero-order valence-corrected chi connectivity index (χ0v) is 15.4. The van der Waals surface area contributed by atoms with Crippen LogP contribution in [0.3, 0.4) is 0 Å². The molecule has 0 radical (unpaired) electrons. The van der Waals surface area contributed by atoms with Crippen LogP contribution in [-0.2, 0) is 10.2 Å². The van der Waals surface area contributed by atoms with Crippen molar-refractivity contribution in [2.24, 2.45) is 0 Å². The fourth-order valence-electron chi connectivity index (χ4n) is 2.92. The van der Waals surface area contributed by atoms with Gasteiger partial charge in [0, 0.05) is 22.7 Å². The van der Waals surface area contributed by atoms with Gasteiger partial charge in [0.1, 0.15) is 0 Å². The van der Waals surface area contributed by atoms with Gasteiger partial charge >= 0.3 is 0 Å². The van der Waals surface area contributed by atoms with Crippen molar-refractivity contribution < 1.29 is 4.74 Å². The SMILES string of the molecule is Cc1ccc(C(CBr)(CBr)CCCC2CCCO2)cc1. The molecule has 1 nitrogen and oxygen atoms in total. The Morgan fingerprint density at radius 2 is 1.90 bits per heavy atom. The van der Waals surface area contributed by atoms with Crippen LogP contribution in [-0.4, -0.2) is 23.4 Å². The lowest BCUT2D eigenvalue weighted by Crippen LogP contribution is -2.30. The molecular weight excluding hydrogens is 380 g/mol. The van der Waals surface area contributed by atoms with E-state index in [1.165, 1.54) is 43.2 Å². The van der Waals surface area contributed by atoms with Crippen LogP contribution in [0.2, 0.25) is 0 Å². The van der Waals surface area contributed by atoms with E-state index < -0.39 is 0 Å². The molecule has 0 amide bonds. The van der Waals surface area contributed by atoms with Gasteiger partial charge in [0.25, 0.3) is 0 Å². The quantitative estimate of drug-likeness (QED) is 0.556. The van der Waals surface area contributed by atoms with Crippen molar-refractivity contribution in [3.8, 4) is 0 Å². The van der Waals surface area contributed by atoms with Crippen molar-refractivity contribution in [1.82, 2.24) is 0 Å². The largest absolute Gasteiger partial charge is 0.378 e. The fraction of sp³-hybridized carbons (Fsp3) is 0.647. The lowest BCUT2D eigenvalue weighted by atomic mass is 9.79. The third-order valence-corrected chi connectivity index (χ3v) is 6.53. The molecule has 0 aromatic heterocycles. The summed E-state index contributed by atoms with van der Waals surface area (Å²) in [5.41, 5.74) is 2.96. The molecule has 1 aromatic carbocycles. The van der Waals surface area contributed by atoms with Crippen LogP contribution in [0.15, 0.2) is 24.3 Å². The normalized spacial score (nSPS) is 19.4. The molecule has 1 heterocycles. The molecule has 112 valence electrons. The summed E-state index contributed by atoms with van der Waals surface area (Å²) in [6.45, 7) is 3.11. The molecule has 1 fully saturated rings. The van der Waals surface area contributed by atoms with Gasteiger partial charge in [-0.15, -0.1) is 0 Å². The average Bonchev–Trinajstić information content (AvgIpc) is 2.98. The molecule has 2 rings (SSSR count). The first-order valence-corrected chi connectivity index (χ1v) is 9.75. The van der Waals surface area contributed by atoms with Crippen molar-refractivity contribution >= 4 is 31.9 Å². The van der Waals surface area contributed by atoms with E-state index in [-0.39, 0.29) is 5.41 Å². The van der Waals surface area contributed by atoms with Crippen molar-refractivity contribution in [1.29, 1.82) is 0 Å². The molecular formula is C17H24Br2O. The van der Waals surface area contributed by atoms with E-state index in [4.69, 9.17) is 4.74 Å². The third kappa shape index (κ3) is 4.08. The molecule has 1 aliphatic rings. The maximum atomic E-state index is 5.73. The highest BCUT2D eigenvalue weighted by atomic mass is 79.9. The van der Waals surface area contributed by atoms with E-state index in [0.717, 1.165) is 17.3 Å². The molecule has 1 aromatic rings. The van der Waals surface area contributed by atoms with E-state index in [1.54, 1.807) is 0 Å². The molecule has 0 aliphatic carbocycles. The molecule has 1 atom stereocenters. The van der Waals surface area contributed by atoms with E-state index in [0.29, 0.717) is 6.10 Å². The first-order chi connectivity index (χ1) is 9.70. The molecule has 1 unspecified atom stereocenters. The molecule has 0 spiro atoms. The van der Waals surface area contributed by atoms with Gasteiger partial charge in [-0.05, 0) is 44.6 Å². The van der Waals surface area contributed by atoms with Crippen LogP contribution in [0.4, 0.5) is 0 Å². The van der Waals surface area contributed by atoms with Crippen LogP contribution in [0, 0.1) is 6.92 Å². The summed E-state index contributed by atoms with van der Waals surface area (Å²) in [5.74, 6) is 0. The molecule has 1 saturated heterocycles. The minimum Gasteiger partial charge on any atom is -0.378 e. The number of rotatable bonds is 7. The summed E-state index contributed by atoms with van der Waals surface area (Å²) in [6, 6.07) is 9.00. The minimum absolute atomic E-state index is 0.201. The number of ether oxygens (including phenoxy) is 1. The average molecular weight is 404 g/mol. The Hall–Kier alpha value is 0.140. The molecule has 1 aliphatic heterocycles. The summed E-state index contributed by atoms with van der Waals surface area (Å²) in [6.07, 6.45) is 6.64. The van der Waals surface area contributed by atoms with Gasteiger partial charge in [-0.1, -0.05) is 61.7 Å². The van der Waals surface area contributed by atoms with E-state index in [2.05, 4.69) is 63.0 Å². The Labute approximate surface area is 139 Å². The van der Waals surface area contributed by atoms with Crippen molar-refractivity contribution in [2.75, 3.05) is 17.3 Å². The first kappa shape index (κ1) is 16.5. The summed E-state index contributed by atoms with van der Waals surface area (Å²) in [7, 11) is 0. The number of hydrogen-bond acceptors (Lipinski definition) is 1. The second-order valence-corrected chi connectivity index (χ2v) is 7.06. The highest BCUT2D eigenvalue weighted by Gasteiger charge is 2.30. The smallest absolute Gasteiger partial charge is 0.0576 e. The van der Waals surface area contributed by atoms with Crippen molar-refractivity contribution in [3.63, 3.8) is 0 Å². The van der Waals surface area contributed by atoms with Crippen LogP contribution in [0.5, 0.6) is 0 Å². The van der Waals surface area contributed by atoms with Crippen LogP contribution in [0.25, 0.3) is 0 Å². The van der Waals surface area contributed by atoms with Crippen LogP contribution < -0.4 is 0 Å². The van der Waals surface area contributed by atoms with Gasteiger partial charge in [0.05, 0.1) is 6.10 Å². The zero-order chi connectivity index (χ0) is 14.4. The Kier molecular flexibility index (Phi) is 6.57. The highest BCUT2D eigenvalue weighted by molar-refractivity contribution is 9.09. The minimum atomic E-state index is 0.201. The summed E-state index contributed by atoms with van der Waals surface area (Å²) < 4.78 is 5.73. The predicted octanol–water partition coefficient (Wildman–Crippen LogP) is 5.37. The van der Waals surface area contributed by atoms with Gasteiger partial charge in [-0.3, -0.25) is 0 Å². The predicted molar refractivity (Wildman–Crippen MR) is 93.3 cm³/mol. The van der Waals surface area contributed by atoms with Crippen LogP contribution in [0.1, 0.15) is 43.2 Å². The van der Waals surface area contributed by atoms with Gasteiger partial charge in [-0.2, -0.15) is 0 Å². The zero-order valence-electron chi connectivity index (χ0n) is 12.2. The van der Waals surface area contributed by atoms with Gasteiger partial charge in [0.15, 0.2) is 0 Å². The number of hydrogen-bond donors (Lipinski definition) is 0. The Bertz CT molecular complexity index is 392. The summed E-state index contributed by atoms with van der Waals surface area (Å²) in [4.78, 5) is 0. The number of benzene rings is 1. The van der Waals surface area contributed by atoms with E-state index >= 15 is 0 Å². The number of alkyl halides is 2. The first-order valence-electron chi connectivity index (χ1n) is 7.51. The number of aryl methyl sites for hydroxylation is 1. The lowest BCUT2D eigenvalue weighted by Gasteiger charge is -2.31. The molecule has 0 N–H and O–H groups in total. The standard InChI is InChI=1S/C17H24Br2O/c1-14-6-8-15(9-7-14)17(12-18,13-19)10-2-4-16-5-3-11-20-16/h6-9,16H,2-5,10-13H2,1H3. The highest BCUT2D eigenvalue weighted by Crippen LogP contribution is 2.35. The van der Waals surface area contributed by atoms with E-state index in [9.17, 15) is 0 Å². The number of halogens is 2. The Morgan fingerprint density at radius 1 is 1.20 bits per heavy atom. The lowest BCUT2D eigenvalue weighted by molar-refractivity contribution is 0.101. The second-order valence-electron chi connectivity index (χ2n) is 5.94. The summed E-state index contributed by atoms with van der Waals surface area (Å²) in [5, 5.41) is 2.00. The summed E-state index contributed by atoms with van der Waals surface area (Å²) >= 11 is 7.48.